The molecule has 242 valence electrons. The monoisotopic (exact) mass is 655 g/mol. The summed E-state index contributed by atoms with van der Waals surface area (Å²) < 4.78 is 121. The molecule has 2 heterocycles. The fourth-order valence-electron chi connectivity index (χ4n) is 6.81. The first kappa shape index (κ1) is 31.6. The quantitative estimate of drug-likeness (QED) is 0.284. The van der Waals surface area contributed by atoms with Gasteiger partial charge >= 0.3 is 12.5 Å². The van der Waals surface area contributed by atoms with Crippen LogP contribution in [0.5, 0.6) is 5.88 Å². The van der Waals surface area contributed by atoms with Crippen molar-refractivity contribution in [3.05, 3.63) is 65.2 Å². The summed E-state index contributed by atoms with van der Waals surface area (Å²) in [6.07, 6.45) is -11.1. The fraction of sp³-hybridized carbons (Fsp3) is 0.484. The molecule has 3 aromatic rings. The number of nitrogens with zero attached hydrogens (tertiary/aromatic N) is 2. The molecule has 2 atom stereocenters. The van der Waals surface area contributed by atoms with E-state index in [1.165, 1.54) is 24.3 Å². The molecule has 0 spiro atoms. The Balaban J connectivity index is 1.45. The minimum absolute atomic E-state index is 0.0444. The Morgan fingerprint density at radius 1 is 0.978 bits per heavy atom. The summed E-state index contributed by atoms with van der Waals surface area (Å²) in [5.74, 6) is -2.40. The maximum absolute atomic E-state index is 14.3. The maximum atomic E-state index is 14.3. The van der Waals surface area contributed by atoms with Crippen molar-refractivity contribution in [3.63, 3.8) is 0 Å². The van der Waals surface area contributed by atoms with E-state index in [0.717, 1.165) is 11.1 Å². The average Bonchev–Trinajstić information content (AvgIpc) is 3.70. The molecule has 2 fully saturated rings. The van der Waals surface area contributed by atoms with Gasteiger partial charge in [0.25, 0.3) is 10.0 Å². The second-order valence-corrected chi connectivity index (χ2v) is 14.0. The van der Waals surface area contributed by atoms with Gasteiger partial charge < -0.3 is 4.74 Å². The van der Waals surface area contributed by atoms with Gasteiger partial charge in [-0.05, 0) is 86.6 Å². The van der Waals surface area contributed by atoms with Crippen LogP contribution in [0, 0.1) is 31.1 Å². The normalized spacial score (nSPS) is 25.5. The zero-order valence-corrected chi connectivity index (χ0v) is 25.2. The number of alkyl halides is 6. The average molecular weight is 656 g/mol. The van der Waals surface area contributed by atoms with Crippen LogP contribution in [0.25, 0.3) is 11.3 Å². The SMILES string of the molecule is Cc1cccc(C)c1-c1cc2nc(n1)NS(=O)(=O)c1cccc(c1)C([C@H]1C[C@@H](OC(F)(F)F)C1)C(CC1(C(F)(F)F)CC1)CO2. The Morgan fingerprint density at radius 2 is 1.64 bits per heavy atom. The minimum Gasteiger partial charge on any atom is -0.477 e. The molecule has 3 aliphatic rings. The number of halogens is 6. The Bertz CT molecular complexity index is 1680. The van der Waals surface area contributed by atoms with Gasteiger partial charge in [-0.15, -0.1) is 13.2 Å². The summed E-state index contributed by atoms with van der Waals surface area (Å²) >= 11 is 0. The molecular weight excluding hydrogens is 624 g/mol. The molecule has 2 aromatic carbocycles. The van der Waals surface area contributed by atoms with Gasteiger partial charge in [0, 0.05) is 17.5 Å². The number of hydrogen-bond acceptors (Lipinski definition) is 6. The number of ether oxygens (including phenoxy) is 2. The molecule has 45 heavy (non-hydrogen) atoms. The lowest BCUT2D eigenvalue weighted by Crippen LogP contribution is -2.42. The third-order valence-corrected chi connectivity index (χ3v) is 10.5. The molecule has 2 saturated carbocycles. The molecule has 2 aliphatic carbocycles. The molecule has 0 radical (unpaired) electrons. The predicted molar refractivity (Wildman–Crippen MR) is 152 cm³/mol. The number of benzene rings is 2. The van der Waals surface area contributed by atoms with E-state index >= 15 is 0 Å². The topological polar surface area (TPSA) is 90.4 Å². The van der Waals surface area contributed by atoms with E-state index in [1.807, 2.05) is 32.0 Å². The number of fused-ring (bicyclic) bond motifs is 4. The summed E-state index contributed by atoms with van der Waals surface area (Å²) in [5, 5.41) is 0. The first-order valence-electron chi connectivity index (χ1n) is 14.6. The van der Waals surface area contributed by atoms with Gasteiger partial charge in [-0.25, -0.2) is 18.1 Å². The molecule has 0 amide bonds. The number of rotatable bonds is 5. The molecule has 1 aromatic heterocycles. The van der Waals surface area contributed by atoms with E-state index in [2.05, 4.69) is 19.4 Å². The van der Waals surface area contributed by atoms with Gasteiger partial charge in [-0.2, -0.15) is 18.2 Å². The van der Waals surface area contributed by atoms with E-state index < -0.39 is 51.8 Å². The number of sulfonamides is 1. The van der Waals surface area contributed by atoms with Gasteiger partial charge in [0.1, 0.15) is 0 Å². The third kappa shape index (κ3) is 6.49. The lowest BCUT2D eigenvalue weighted by molar-refractivity contribution is -0.355. The Labute approximate surface area is 256 Å². The maximum Gasteiger partial charge on any atom is 0.522 e. The molecule has 1 aliphatic heterocycles. The van der Waals surface area contributed by atoms with E-state index in [9.17, 15) is 34.8 Å². The minimum atomic E-state index is -4.85. The number of nitrogens with one attached hydrogen (secondary N) is 1. The highest BCUT2D eigenvalue weighted by molar-refractivity contribution is 7.92. The van der Waals surface area contributed by atoms with Crippen LogP contribution in [0.1, 0.15) is 54.7 Å². The molecule has 0 saturated heterocycles. The largest absolute Gasteiger partial charge is 0.522 e. The van der Waals surface area contributed by atoms with Gasteiger partial charge in [0.15, 0.2) is 0 Å². The Hall–Kier alpha value is -3.39. The standard InChI is InChI=1S/C31H31F6N3O4S/c1-17-5-3-6-18(2)26(17)24-14-25-39-28(38-24)40-45(41,42)23-8-4-7-19(13-23)27(20-11-22(12-20)44-31(35,36)37)21(16-43-25)15-29(9-10-29)30(32,33)34/h3-8,13-14,20-22,27H,9-12,15-16H2,1-2H3,(H,38,39,40)/t20-,21?,22+,27?. The van der Waals surface area contributed by atoms with E-state index in [-0.39, 0.29) is 55.4 Å². The summed E-state index contributed by atoms with van der Waals surface area (Å²) in [5.41, 5.74) is 1.22. The van der Waals surface area contributed by atoms with Gasteiger partial charge in [0.05, 0.1) is 28.7 Å². The first-order valence-corrected chi connectivity index (χ1v) is 16.0. The van der Waals surface area contributed by atoms with Crippen molar-refractivity contribution >= 4 is 16.0 Å². The van der Waals surface area contributed by atoms with Crippen molar-refractivity contribution in [1.82, 2.24) is 9.97 Å². The highest BCUT2D eigenvalue weighted by Gasteiger charge is 2.64. The summed E-state index contributed by atoms with van der Waals surface area (Å²) in [6, 6.07) is 12.9. The fourth-order valence-corrected chi connectivity index (χ4v) is 7.81. The molecular formula is C31H31F6N3O4S. The Kier molecular flexibility index (Phi) is 7.82. The van der Waals surface area contributed by atoms with E-state index in [4.69, 9.17) is 4.74 Å². The van der Waals surface area contributed by atoms with Gasteiger partial charge in [-0.1, -0.05) is 30.3 Å². The molecule has 1 N–H and O–H groups in total. The predicted octanol–water partition coefficient (Wildman–Crippen LogP) is 7.70. The van der Waals surface area contributed by atoms with Crippen LogP contribution in [-0.2, 0) is 14.8 Å². The zero-order valence-electron chi connectivity index (χ0n) is 24.4. The second kappa shape index (κ2) is 11.1. The second-order valence-electron chi connectivity index (χ2n) is 12.4. The molecule has 7 nitrogen and oxygen atoms in total. The van der Waals surface area contributed by atoms with Crippen LogP contribution in [0.2, 0.25) is 0 Å². The number of hydrogen-bond donors (Lipinski definition) is 1. The van der Waals surface area contributed by atoms with Crippen molar-refractivity contribution in [3.8, 4) is 17.1 Å². The van der Waals surface area contributed by atoms with Crippen LogP contribution in [0.3, 0.4) is 0 Å². The van der Waals surface area contributed by atoms with Crippen molar-refractivity contribution < 1.29 is 44.2 Å². The first-order chi connectivity index (χ1) is 21.0. The van der Waals surface area contributed by atoms with Crippen molar-refractivity contribution in [2.45, 2.75) is 75.4 Å². The summed E-state index contributed by atoms with van der Waals surface area (Å²) in [4.78, 5) is 8.52. The van der Waals surface area contributed by atoms with Crippen molar-refractivity contribution in [2.75, 3.05) is 11.3 Å². The van der Waals surface area contributed by atoms with E-state index in [0.29, 0.717) is 16.8 Å². The highest BCUT2D eigenvalue weighted by atomic mass is 32.2. The van der Waals surface area contributed by atoms with Gasteiger partial charge in [-0.3, -0.25) is 4.74 Å². The molecule has 6 rings (SSSR count). The van der Waals surface area contributed by atoms with Crippen LogP contribution in [-0.4, -0.2) is 43.6 Å². The molecule has 2 unspecified atom stereocenters. The van der Waals surface area contributed by atoms with Crippen molar-refractivity contribution in [2.24, 2.45) is 17.3 Å². The summed E-state index contributed by atoms with van der Waals surface area (Å²) in [7, 11) is -4.29. The van der Waals surface area contributed by atoms with E-state index in [1.54, 1.807) is 6.07 Å². The number of aromatic nitrogens is 2. The molecule has 14 heteroatoms. The number of anilines is 1. The highest BCUT2D eigenvalue weighted by Crippen LogP contribution is 2.63. The zero-order chi connectivity index (χ0) is 32.4. The van der Waals surface area contributed by atoms with Crippen LogP contribution < -0.4 is 9.46 Å². The third-order valence-electron chi connectivity index (χ3n) is 9.22. The molecule has 4 bridgehead atoms. The lowest BCUT2D eigenvalue weighted by atomic mass is 9.64. The summed E-state index contributed by atoms with van der Waals surface area (Å²) in [6.45, 7) is 3.49. The van der Waals surface area contributed by atoms with Crippen LogP contribution in [0.15, 0.2) is 53.4 Å². The smallest absolute Gasteiger partial charge is 0.477 e. The van der Waals surface area contributed by atoms with Crippen molar-refractivity contribution in [1.29, 1.82) is 0 Å². The lowest BCUT2D eigenvalue weighted by Gasteiger charge is -2.44. The Morgan fingerprint density at radius 3 is 2.27 bits per heavy atom. The van der Waals surface area contributed by atoms with Crippen LogP contribution >= 0.6 is 0 Å². The van der Waals surface area contributed by atoms with Crippen LogP contribution in [0.4, 0.5) is 32.3 Å². The van der Waals surface area contributed by atoms with Gasteiger partial charge in [0.2, 0.25) is 11.8 Å². The number of aryl methyl sites for hydroxylation is 2.